The highest BCUT2D eigenvalue weighted by Gasteiger charge is 2.04. The molecule has 0 radical (unpaired) electrons. The molecule has 0 saturated heterocycles. The Kier molecular flexibility index (Phi) is 5.53. The number of nitrogens with one attached hydrogen (secondary N) is 1. The highest BCUT2D eigenvalue weighted by Crippen LogP contribution is 2.12. The first-order valence-corrected chi connectivity index (χ1v) is 8.61. The van der Waals surface area contributed by atoms with Crippen LogP contribution in [0.2, 0.25) is 0 Å². The molecule has 0 aliphatic carbocycles. The van der Waals surface area contributed by atoms with E-state index in [0.29, 0.717) is 12.2 Å². The van der Waals surface area contributed by atoms with Gasteiger partial charge in [-0.3, -0.25) is 4.79 Å². The number of ether oxygens (including phenoxy) is 1. The summed E-state index contributed by atoms with van der Waals surface area (Å²) in [4.78, 5) is 16.3. The second-order valence-corrected chi connectivity index (χ2v) is 6.35. The van der Waals surface area contributed by atoms with Gasteiger partial charge in [0, 0.05) is 10.9 Å². The summed E-state index contributed by atoms with van der Waals surface area (Å²) in [6.45, 7) is 2.37. The Morgan fingerprint density at radius 3 is 2.64 bits per heavy atom. The van der Waals surface area contributed by atoms with Crippen LogP contribution in [0.15, 0.2) is 65.1 Å². The van der Waals surface area contributed by atoms with Crippen molar-refractivity contribution in [3.8, 4) is 5.75 Å². The third-order valence-electron chi connectivity index (χ3n) is 3.36. The van der Waals surface area contributed by atoms with Gasteiger partial charge in [0.25, 0.3) is 5.91 Å². The summed E-state index contributed by atoms with van der Waals surface area (Å²) in [5.74, 6) is 0.551. The summed E-state index contributed by atoms with van der Waals surface area (Å²) >= 11 is 1.54. The minimum absolute atomic E-state index is 0.265. The topological polar surface area (TPSA) is 63.6 Å². The summed E-state index contributed by atoms with van der Waals surface area (Å²) in [5, 5.41) is 6.77. The van der Waals surface area contributed by atoms with Gasteiger partial charge in [-0.2, -0.15) is 5.10 Å². The number of para-hydroxylation sites is 1. The molecule has 0 fully saturated rings. The first-order valence-electron chi connectivity index (χ1n) is 7.73. The molecule has 3 rings (SSSR count). The molecular weight excluding hydrogens is 334 g/mol. The van der Waals surface area contributed by atoms with Crippen LogP contribution in [-0.2, 0) is 6.61 Å². The van der Waals surface area contributed by atoms with Gasteiger partial charge in [-0.25, -0.2) is 10.4 Å². The van der Waals surface area contributed by atoms with E-state index in [4.69, 9.17) is 4.74 Å². The van der Waals surface area contributed by atoms with Crippen molar-refractivity contribution in [1.29, 1.82) is 0 Å². The molecule has 0 aliphatic heterocycles. The number of carbonyl (C=O) groups is 1. The minimum atomic E-state index is -0.265. The maximum atomic E-state index is 12.1. The number of thiazole rings is 1. The molecule has 2 aromatic carbocycles. The molecule has 0 aliphatic rings. The highest BCUT2D eigenvalue weighted by atomic mass is 32.1. The van der Waals surface area contributed by atoms with Gasteiger partial charge in [0.1, 0.15) is 12.4 Å². The summed E-state index contributed by atoms with van der Waals surface area (Å²) in [6.07, 6.45) is 1.53. The normalized spacial score (nSPS) is 10.8. The van der Waals surface area contributed by atoms with Gasteiger partial charge in [-0.15, -0.1) is 11.3 Å². The molecule has 3 aromatic rings. The number of hydrogen-bond acceptors (Lipinski definition) is 5. The summed E-state index contributed by atoms with van der Waals surface area (Å²) in [7, 11) is 0. The standard InChI is InChI=1S/C19H17N3O2S/c1-14-21-17(13-25-14)11-20-22-19(23)16-9-7-15(8-10-16)12-24-18-5-3-2-4-6-18/h2-11,13H,12H2,1H3,(H,22,23)/b20-11-. The van der Waals surface area contributed by atoms with Crippen LogP contribution in [0.5, 0.6) is 5.75 Å². The maximum Gasteiger partial charge on any atom is 0.271 e. The highest BCUT2D eigenvalue weighted by molar-refractivity contribution is 7.09. The van der Waals surface area contributed by atoms with Crippen LogP contribution in [-0.4, -0.2) is 17.1 Å². The van der Waals surface area contributed by atoms with Crippen LogP contribution in [0.1, 0.15) is 26.6 Å². The van der Waals surface area contributed by atoms with Crippen LogP contribution in [0.25, 0.3) is 0 Å². The summed E-state index contributed by atoms with van der Waals surface area (Å²) in [6, 6.07) is 16.8. The van der Waals surface area contributed by atoms with Crippen molar-refractivity contribution in [3.63, 3.8) is 0 Å². The number of benzene rings is 2. The molecule has 1 amide bonds. The smallest absolute Gasteiger partial charge is 0.271 e. The molecule has 0 atom stereocenters. The molecule has 0 unspecified atom stereocenters. The van der Waals surface area contributed by atoms with Crippen molar-refractivity contribution in [2.24, 2.45) is 5.10 Å². The molecule has 1 N–H and O–H groups in total. The number of rotatable bonds is 6. The second kappa shape index (κ2) is 8.21. The maximum absolute atomic E-state index is 12.1. The van der Waals surface area contributed by atoms with E-state index in [1.165, 1.54) is 17.6 Å². The van der Waals surface area contributed by atoms with Crippen molar-refractivity contribution < 1.29 is 9.53 Å². The van der Waals surface area contributed by atoms with Crippen molar-refractivity contribution in [3.05, 3.63) is 81.8 Å². The van der Waals surface area contributed by atoms with E-state index >= 15 is 0 Å². The van der Waals surface area contributed by atoms with Crippen LogP contribution in [0, 0.1) is 6.92 Å². The van der Waals surface area contributed by atoms with E-state index in [1.807, 2.05) is 54.8 Å². The van der Waals surface area contributed by atoms with Gasteiger partial charge in [-0.05, 0) is 36.8 Å². The Balaban J connectivity index is 1.52. The molecule has 0 bridgehead atoms. The number of nitrogens with zero attached hydrogens (tertiary/aromatic N) is 2. The average molecular weight is 351 g/mol. The van der Waals surface area contributed by atoms with E-state index in [9.17, 15) is 4.79 Å². The lowest BCUT2D eigenvalue weighted by molar-refractivity contribution is 0.0955. The SMILES string of the molecule is Cc1nc(/C=N\NC(=O)c2ccc(COc3ccccc3)cc2)cs1. The van der Waals surface area contributed by atoms with Crippen molar-refractivity contribution in [1.82, 2.24) is 10.4 Å². The first kappa shape index (κ1) is 16.9. The monoisotopic (exact) mass is 351 g/mol. The average Bonchev–Trinajstić information content (AvgIpc) is 3.06. The molecule has 1 aromatic heterocycles. The number of hydrogen-bond donors (Lipinski definition) is 1. The minimum Gasteiger partial charge on any atom is -0.489 e. The second-order valence-electron chi connectivity index (χ2n) is 5.29. The Morgan fingerprint density at radius 2 is 1.96 bits per heavy atom. The fraction of sp³-hybridized carbons (Fsp3) is 0.105. The van der Waals surface area contributed by atoms with E-state index < -0.39 is 0 Å². The lowest BCUT2D eigenvalue weighted by atomic mass is 10.1. The fourth-order valence-electron chi connectivity index (χ4n) is 2.10. The summed E-state index contributed by atoms with van der Waals surface area (Å²) in [5.41, 5.74) is 4.76. The quantitative estimate of drug-likeness (QED) is 0.543. The molecule has 126 valence electrons. The van der Waals surface area contributed by atoms with Crippen LogP contribution in [0.3, 0.4) is 0 Å². The van der Waals surface area contributed by atoms with Crippen molar-refractivity contribution in [2.45, 2.75) is 13.5 Å². The number of carbonyl (C=O) groups excluding carboxylic acids is 1. The molecule has 1 heterocycles. The zero-order chi connectivity index (χ0) is 17.5. The van der Waals surface area contributed by atoms with Crippen LogP contribution < -0.4 is 10.2 Å². The van der Waals surface area contributed by atoms with Crippen LogP contribution in [0.4, 0.5) is 0 Å². The molecule has 5 nitrogen and oxygen atoms in total. The number of amides is 1. The van der Waals surface area contributed by atoms with Gasteiger partial charge in [0.05, 0.1) is 16.9 Å². The number of aryl methyl sites for hydroxylation is 1. The third kappa shape index (κ3) is 4.99. The zero-order valence-corrected chi connectivity index (χ0v) is 14.5. The Labute approximate surface area is 150 Å². The Bertz CT molecular complexity index is 858. The van der Waals surface area contributed by atoms with Crippen molar-refractivity contribution in [2.75, 3.05) is 0 Å². The molecule has 6 heteroatoms. The zero-order valence-electron chi connectivity index (χ0n) is 13.7. The summed E-state index contributed by atoms with van der Waals surface area (Å²) < 4.78 is 5.68. The van der Waals surface area contributed by atoms with Gasteiger partial charge in [0.2, 0.25) is 0 Å². The van der Waals surface area contributed by atoms with Crippen LogP contribution >= 0.6 is 11.3 Å². The largest absolute Gasteiger partial charge is 0.489 e. The van der Waals surface area contributed by atoms with Gasteiger partial charge in [0.15, 0.2) is 0 Å². The Morgan fingerprint density at radius 1 is 1.20 bits per heavy atom. The number of aromatic nitrogens is 1. The van der Waals surface area contributed by atoms with E-state index in [2.05, 4.69) is 15.5 Å². The molecular formula is C19H17N3O2S. The van der Waals surface area contributed by atoms with Gasteiger partial charge < -0.3 is 4.74 Å². The Hall–Kier alpha value is -2.99. The predicted octanol–water partition coefficient (Wildman–Crippen LogP) is 3.79. The fourth-order valence-corrected chi connectivity index (χ4v) is 2.66. The van der Waals surface area contributed by atoms with E-state index in [1.54, 1.807) is 12.1 Å². The van der Waals surface area contributed by atoms with Gasteiger partial charge >= 0.3 is 0 Å². The first-order chi connectivity index (χ1) is 12.2. The predicted molar refractivity (Wildman–Crippen MR) is 99.1 cm³/mol. The molecule has 0 spiro atoms. The number of hydrazone groups is 1. The van der Waals surface area contributed by atoms with Crippen molar-refractivity contribution >= 4 is 23.5 Å². The van der Waals surface area contributed by atoms with Gasteiger partial charge in [-0.1, -0.05) is 30.3 Å². The lowest BCUT2D eigenvalue weighted by Gasteiger charge is -2.06. The molecule has 0 saturated carbocycles. The lowest BCUT2D eigenvalue weighted by Crippen LogP contribution is -2.17. The molecule has 25 heavy (non-hydrogen) atoms. The third-order valence-corrected chi connectivity index (χ3v) is 4.16. The van der Waals surface area contributed by atoms with E-state index in [-0.39, 0.29) is 5.91 Å². The van der Waals surface area contributed by atoms with E-state index in [0.717, 1.165) is 22.0 Å².